The Labute approximate surface area is 204 Å². The zero-order chi connectivity index (χ0) is 24.2. The molecule has 34 heavy (non-hydrogen) atoms. The fourth-order valence-corrected chi connectivity index (χ4v) is 4.26. The average Bonchev–Trinajstić information content (AvgIpc) is 3.32. The van der Waals surface area contributed by atoms with Crippen LogP contribution in [0.3, 0.4) is 0 Å². The van der Waals surface area contributed by atoms with Gasteiger partial charge in [-0.15, -0.1) is 0 Å². The average molecular weight is 531 g/mol. The van der Waals surface area contributed by atoms with Gasteiger partial charge in [0.1, 0.15) is 12.0 Å². The van der Waals surface area contributed by atoms with E-state index in [4.69, 9.17) is 9.47 Å². The van der Waals surface area contributed by atoms with Gasteiger partial charge in [-0.2, -0.15) is 5.10 Å². The molecule has 0 bridgehead atoms. The molecule has 1 unspecified atom stereocenters. The normalized spacial score (nSPS) is 16.1. The summed E-state index contributed by atoms with van der Waals surface area (Å²) in [7, 11) is 3.56. The minimum Gasteiger partial charge on any atom is -0.453 e. The van der Waals surface area contributed by atoms with Gasteiger partial charge in [-0.05, 0) is 65.7 Å². The molecule has 0 amide bonds. The maximum atomic E-state index is 14.8. The molecule has 1 fully saturated rings. The van der Waals surface area contributed by atoms with E-state index in [9.17, 15) is 14.5 Å². The second kappa shape index (κ2) is 10.4. The molecular weight excluding hydrogens is 507 g/mol. The summed E-state index contributed by atoms with van der Waals surface area (Å²) in [4.78, 5) is 12.6. The van der Waals surface area contributed by atoms with Crippen molar-refractivity contribution in [3.63, 3.8) is 0 Å². The maximum absolute atomic E-state index is 14.8. The van der Waals surface area contributed by atoms with E-state index in [1.165, 1.54) is 6.08 Å². The summed E-state index contributed by atoms with van der Waals surface area (Å²) in [5.41, 5.74) is 1.37. The van der Waals surface area contributed by atoms with Crippen LogP contribution in [0.15, 0.2) is 53.3 Å². The van der Waals surface area contributed by atoms with Crippen molar-refractivity contribution in [1.29, 1.82) is 0 Å². The molecule has 1 saturated heterocycles. The van der Waals surface area contributed by atoms with Crippen molar-refractivity contribution in [3.8, 4) is 22.8 Å². The minimum atomic E-state index is -0.843. The molecule has 2 aromatic carbocycles. The summed E-state index contributed by atoms with van der Waals surface area (Å²) in [6.45, 7) is 0.727. The van der Waals surface area contributed by atoms with Crippen LogP contribution in [0, 0.1) is 15.9 Å². The first-order valence-corrected chi connectivity index (χ1v) is 11.6. The molecule has 1 aliphatic rings. The standard InChI is InChI=1S/C24H24BrFN4O4/c1-28(2)11-9-18-21(30(31)32)15-19(26)24(23(18)25)34-17-7-5-6-16(14-17)20-10-12-29(27-20)22-8-3-4-13-33-22/h5-7,9-12,14-15,22H,3-4,8,13H2,1-2H3/b11-9+. The number of aromatic nitrogens is 2. The van der Waals surface area contributed by atoms with Gasteiger partial charge in [0.25, 0.3) is 5.69 Å². The third-order valence-corrected chi connectivity index (χ3v) is 6.12. The Morgan fingerprint density at radius 2 is 2.15 bits per heavy atom. The highest BCUT2D eigenvalue weighted by atomic mass is 79.9. The quantitative estimate of drug-likeness (QED) is 0.260. The fourth-order valence-electron chi connectivity index (χ4n) is 3.65. The van der Waals surface area contributed by atoms with Gasteiger partial charge in [0.05, 0.1) is 26.7 Å². The molecule has 0 spiro atoms. The van der Waals surface area contributed by atoms with Gasteiger partial charge in [0.15, 0.2) is 11.6 Å². The molecule has 1 aromatic heterocycles. The lowest BCUT2D eigenvalue weighted by molar-refractivity contribution is -0.385. The van der Waals surface area contributed by atoms with Crippen LogP contribution >= 0.6 is 15.9 Å². The fraction of sp³-hybridized carbons (Fsp3) is 0.292. The second-order valence-electron chi connectivity index (χ2n) is 8.10. The SMILES string of the molecule is CN(C)/C=C/c1c([N+](=O)[O-])cc(F)c(Oc2cccc(-c3ccn(C4CCCCO4)n3)c2)c1Br. The first kappa shape index (κ1) is 23.9. The lowest BCUT2D eigenvalue weighted by Crippen LogP contribution is -2.18. The Balaban J connectivity index is 1.64. The van der Waals surface area contributed by atoms with Crippen LogP contribution in [0.1, 0.15) is 31.1 Å². The summed E-state index contributed by atoms with van der Waals surface area (Å²) in [6, 6.07) is 9.86. The van der Waals surface area contributed by atoms with Crippen molar-refractivity contribution in [2.24, 2.45) is 0 Å². The van der Waals surface area contributed by atoms with E-state index < -0.39 is 10.7 Å². The van der Waals surface area contributed by atoms with E-state index in [-0.39, 0.29) is 27.7 Å². The highest BCUT2D eigenvalue weighted by molar-refractivity contribution is 9.10. The number of hydrogen-bond donors (Lipinski definition) is 0. The van der Waals surface area contributed by atoms with Gasteiger partial charge in [-0.3, -0.25) is 10.1 Å². The predicted octanol–water partition coefficient (Wildman–Crippen LogP) is 6.38. The second-order valence-corrected chi connectivity index (χ2v) is 8.90. The van der Waals surface area contributed by atoms with Gasteiger partial charge in [-0.25, -0.2) is 9.07 Å². The molecule has 1 aliphatic heterocycles. The Bertz CT molecular complexity index is 1220. The van der Waals surface area contributed by atoms with Crippen molar-refractivity contribution in [2.75, 3.05) is 20.7 Å². The van der Waals surface area contributed by atoms with Crippen molar-refractivity contribution in [3.05, 3.63) is 74.8 Å². The number of ether oxygens (including phenoxy) is 2. The maximum Gasteiger partial charge on any atom is 0.280 e. The van der Waals surface area contributed by atoms with Crippen LogP contribution in [0.5, 0.6) is 11.5 Å². The Morgan fingerprint density at radius 1 is 1.32 bits per heavy atom. The Hall–Kier alpha value is -3.24. The monoisotopic (exact) mass is 530 g/mol. The predicted molar refractivity (Wildman–Crippen MR) is 130 cm³/mol. The van der Waals surface area contributed by atoms with Crippen molar-refractivity contribution in [2.45, 2.75) is 25.5 Å². The molecule has 0 radical (unpaired) electrons. The summed E-state index contributed by atoms with van der Waals surface area (Å²) in [5, 5.41) is 16.1. The highest BCUT2D eigenvalue weighted by Crippen LogP contribution is 2.41. The van der Waals surface area contributed by atoms with Crippen LogP contribution in [0.4, 0.5) is 10.1 Å². The number of halogens is 2. The molecule has 2 heterocycles. The van der Waals surface area contributed by atoms with Crippen LogP contribution in [0.2, 0.25) is 0 Å². The van der Waals surface area contributed by atoms with E-state index in [0.717, 1.165) is 43.2 Å². The molecule has 0 N–H and O–H groups in total. The minimum absolute atomic E-state index is 0.0688. The van der Waals surface area contributed by atoms with E-state index in [1.807, 2.05) is 23.0 Å². The molecule has 8 nitrogen and oxygen atoms in total. The first-order chi connectivity index (χ1) is 16.3. The van der Waals surface area contributed by atoms with Gasteiger partial charge >= 0.3 is 0 Å². The van der Waals surface area contributed by atoms with Gasteiger partial charge in [-0.1, -0.05) is 12.1 Å². The largest absolute Gasteiger partial charge is 0.453 e. The Kier molecular flexibility index (Phi) is 7.28. The molecular formula is C24H24BrFN4O4. The summed E-state index contributed by atoms with van der Waals surface area (Å²) in [5.74, 6) is -0.607. The number of nitro benzene ring substituents is 1. The molecule has 3 aromatic rings. The van der Waals surface area contributed by atoms with E-state index >= 15 is 0 Å². The highest BCUT2D eigenvalue weighted by Gasteiger charge is 2.24. The molecule has 0 aliphatic carbocycles. The van der Waals surface area contributed by atoms with Gasteiger partial charge in [0, 0.05) is 32.5 Å². The Morgan fingerprint density at radius 3 is 2.85 bits per heavy atom. The van der Waals surface area contributed by atoms with Crippen LogP contribution in [-0.2, 0) is 4.74 Å². The third-order valence-electron chi connectivity index (χ3n) is 5.34. The zero-order valence-corrected chi connectivity index (χ0v) is 20.4. The number of nitro groups is 1. The zero-order valence-electron chi connectivity index (χ0n) is 18.8. The van der Waals surface area contributed by atoms with Crippen molar-refractivity contribution >= 4 is 27.7 Å². The lowest BCUT2D eigenvalue weighted by atomic mass is 10.1. The van der Waals surface area contributed by atoms with E-state index in [2.05, 4.69) is 21.0 Å². The van der Waals surface area contributed by atoms with Crippen LogP contribution in [0.25, 0.3) is 17.3 Å². The van der Waals surface area contributed by atoms with Crippen molar-refractivity contribution < 1.29 is 18.8 Å². The number of hydrogen-bond acceptors (Lipinski definition) is 6. The number of rotatable bonds is 7. The molecule has 10 heteroatoms. The third kappa shape index (κ3) is 5.28. The number of benzene rings is 2. The molecule has 178 valence electrons. The first-order valence-electron chi connectivity index (χ1n) is 10.8. The summed E-state index contributed by atoms with van der Waals surface area (Å²) >= 11 is 3.30. The van der Waals surface area contributed by atoms with E-state index in [0.29, 0.717) is 5.75 Å². The number of nitrogens with zero attached hydrogens (tertiary/aromatic N) is 4. The smallest absolute Gasteiger partial charge is 0.280 e. The summed E-state index contributed by atoms with van der Waals surface area (Å²) < 4.78 is 28.5. The van der Waals surface area contributed by atoms with Gasteiger partial charge in [0.2, 0.25) is 0 Å². The van der Waals surface area contributed by atoms with Crippen molar-refractivity contribution in [1.82, 2.24) is 14.7 Å². The molecule has 0 saturated carbocycles. The van der Waals surface area contributed by atoms with Gasteiger partial charge < -0.3 is 14.4 Å². The molecule has 4 rings (SSSR count). The molecule has 1 atom stereocenters. The topological polar surface area (TPSA) is 82.7 Å². The van der Waals surface area contributed by atoms with Crippen LogP contribution in [-0.4, -0.2) is 40.3 Å². The summed E-state index contributed by atoms with van der Waals surface area (Å²) in [6.07, 6.45) is 8.07. The van der Waals surface area contributed by atoms with Crippen LogP contribution < -0.4 is 4.74 Å². The lowest BCUT2D eigenvalue weighted by Gasteiger charge is -2.22. The van der Waals surface area contributed by atoms with E-state index in [1.54, 1.807) is 43.4 Å².